The number of aliphatic hydroxyl groups excluding tert-OH is 1. The normalized spacial score (nSPS) is 22.2. The second-order valence-corrected chi connectivity index (χ2v) is 10.2. The smallest absolute Gasteiger partial charge is 0.250 e. The first-order valence-corrected chi connectivity index (χ1v) is 13.4. The molecule has 0 heterocycles. The van der Waals surface area contributed by atoms with E-state index in [9.17, 15) is 14.7 Å². The minimum absolute atomic E-state index is 0.0213. The average molecular weight is 518 g/mol. The van der Waals surface area contributed by atoms with Crippen LogP contribution in [-0.4, -0.2) is 62.5 Å². The Morgan fingerprint density at radius 1 is 0.946 bits per heavy atom. The molecule has 0 radical (unpaired) electrons. The Morgan fingerprint density at radius 2 is 1.51 bits per heavy atom. The van der Waals surface area contributed by atoms with Gasteiger partial charge in [0.15, 0.2) is 11.5 Å². The number of benzene rings is 1. The molecule has 1 aromatic rings. The molecule has 0 saturated heterocycles. The van der Waals surface area contributed by atoms with Gasteiger partial charge in [-0.15, -0.1) is 0 Å². The van der Waals surface area contributed by atoms with Crippen molar-refractivity contribution in [2.75, 3.05) is 21.3 Å². The van der Waals surface area contributed by atoms with Crippen LogP contribution in [0.2, 0.25) is 0 Å². The van der Waals surface area contributed by atoms with Crippen molar-refractivity contribution in [3.8, 4) is 17.2 Å². The predicted octanol–water partition coefficient (Wildman–Crippen LogP) is 2.93. The fourth-order valence-electron chi connectivity index (χ4n) is 5.42. The molecule has 3 rings (SSSR count). The highest BCUT2D eigenvalue weighted by molar-refractivity contribution is 5.92. The molecule has 37 heavy (non-hydrogen) atoms. The van der Waals surface area contributed by atoms with Gasteiger partial charge in [0.1, 0.15) is 6.10 Å². The Morgan fingerprint density at radius 3 is 2.05 bits per heavy atom. The summed E-state index contributed by atoms with van der Waals surface area (Å²) < 4.78 is 16.0. The van der Waals surface area contributed by atoms with Crippen LogP contribution < -0.4 is 30.6 Å². The first-order chi connectivity index (χ1) is 17.8. The summed E-state index contributed by atoms with van der Waals surface area (Å²) in [5.41, 5.74) is 6.91. The van der Waals surface area contributed by atoms with Crippen molar-refractivity contribution in [3.63, 3.8) is 0 Å². The van der Waals surface area contributed by atoms with E-state index in [1.807, 2.05) is 0 Å². The SMILES string of the molecule is COc1cc(/C=C/C(=O)NC2CCC(NC(=O)[C@@H](O)[C@H](N)CC3CCCCC3)CC2)cc(OC)c1OC. The number of hydrogen-bond donors (Lipinski definition) is 4. The molecule has 206 valence electrons. The highest BCUT2D eigenvalue weighted by Gasteiger charge is 2.29. The number of carbonyl (C=O) groups excluding carboxylic acids is 2. The van der Waals surface area contributed by atoms with Crippen molar-refractivity contribution in [2.24, 2.45) is 11.7 Å². The molecule has 9 nitrogen and oxygen atoms in total. The molecule has 5 N–H and O–H groups in total. The minimum atomic E-state index is -1.18. The third-order valence-electron chi connectivity index (χ3n) is 7.54. The van der Waals surface area contributed by atoms with Crippen LogP contribution in [0.5, 0.6) is 17.2 Å². The Hall–Kier alpha value is -2.78. The summed E-state index contributed by atoms with van der Waals surface area (Å²) in [5, 5.41) is 16.4. The Bertz CT molecular complexity index is 897. The molecule has 0 spiro atoms. The maximum atomic E-state index is 12.6. The van der Waals surface area contributed by atoms with E-state index in [-0.39, 0.29) is 23.9 Å². The molecule has 2 fully saturated rings. The average Bonchev–Trinajstić information content (AvgIpc) is 2.92. The first-order valence-electron chi connectivity index (χ1n) is 13.4. The molecule has 9 heteroatoms. The molecule has 2 amide bonds. The van der Waals surface area contributed by atoms with Crippen LogP contribution in [0.4, 0.5) is 0 Å². The number of rotatable bonds is 11. The number of amides is 2. The van der Waals surface area contributed by atoms with Gasteiger partial charge >= 0.3 is 0 Å². The lowest BCUT2D eigenvalue weighted by atomic mass is 9.84. The van der Waals surface area contributed by atoms with Gasteiger partial charge in [0.05, 0.1) is 21.3 Å². The van der Waals surface area contributed by atoms with E-state index >= 15 is 0 Å². The van der Waals surface area contributed by atoms with Crippen molar-refractivity contribution in [3.05, 3.63) is 23.8 Å². The number of nitrogens with two attached hydrogens (primary N) is 1. The van der Waals surface area contributed by atoms with Crippen molar-refractivity contribution in [1.82, 2.24) is 10.6 Å². The fraction of sp³-hybridized carbons (Fsp3) is 0.643. The van der Waals surface area contributed by atoms with Crippen LogP contribution >= 0.6 is 0 Å². The van der Waals surface area contributed by atoms with Crippen LogP contribution in [0, 0.1) is 5.92 Å². The van der Waals surface area contributed by atoms with E-state index in [1.54, 1.807) is 39.5 Å². The van der Waals surface area contributed by atoms with E-state index < -0.39 is 12.1 Å². The predicted molar refractivity (Wildman–Crippen MR) is 143 cm³/mol. The zero-order chi connectivity index (χ0) is 26.8. The van der Waals surface area contributed by atoms with E-state index in [1.165, 1.54) is 25.3 Å². The fourth-order valence-corrected chi connectivity index (χ4v) is 5.42. The molecular formula is C28H43N3O6. The van der Waals surface area contributed by atoms with Gasteiger partial charge in [-0.05, 0) is 61.8 Å². The maximum Gasteiger partial charge on any atom is 0.250 e. The Balaban J connectivity index is 1.42. The number of carbonyl (C=O) groups is 2. The maximum absolute atomic E-state index is 12.6. The van der Waals surface area contributed by atoms with Crippen LogP contribution in [0.25, 0.3) is 6.08 Å². The van der Waals surface area contributed by atoms with Gasteiger partial charge in [-0.1, -0.05) is 32.1 Å². The highest BCUT2D eigenvalue weighted by Crippen LogP contribution is 2.38. The minimum Gasteiger partial charge on any atom is -0.493 e. The quantitative estimate of drug-likeness (QED) is 0.332. The monoisotopic (exact) mass is 517 g/mol. The third-order valence-corrected chi connectivity index (χ3v) is 7.54. The standard InChI is InChI=1S/C28H43N3O6/c1-35-23-16-19(17-24(36-2)27(23)37-3)9-14-25(32)30-20-10-12-21(13-11-20)31-28(34)26(33)22(29)15-18-7-5-4-6-8-18/h9,14,16-18,20-22,26,33H,4-8,10-13,15,29H2,1-3H3,(H,30,32)(H,31,34)/b14-9+/t20?,21?,22-,26+/m1/s1. The molecular weight excluding hydrogens is 474 g/mol. The summed E-state index contributed by atoms with van der Waals surface area (Å²) >= 11 is 0. The highest BCUT2D eigenvalue weighted by atomic mass is 16.5. The van der Waals surface area contributed by atoms with E-state index in [0.29, 0.717) is 29.6 Å². The van der Waals surface area contributed by atoms with Gasteiger partial charge in [-0.25, -0.2) is 0 Å². The molecule has 2 aliphatic rings. The van der Waals surface area contributed by atoms with Crippen molar-refractivity contribution in [1.29, 1.82) is 0 Å². The Labute approximate surface area is 220 Å². The van der Waals surface area contributed by atoms with Gasteiger partial charge in [-0.3, -0.25) is 9.59 Å². The summed E-state index contributed by atoms with van der Waals surface area (Å²) in [7, 11) is 4.63. The lowest BCUT2D eigenvalue weighted by Crippen LogP contribution is -2.51. The van der Waals surface area contributed by atoms with E-state index in [2.05, 4.69) is 10.6 Å². The zero-order valence-electron chi connectivity index (χ0n) is 22.3. The molecule has 2 aliphatic carbocycles. The Kier molecular flexibility index (Phi) is 11.1. The summed E-state index contributed by atoms with van der Waals surface area (Å²) in [4.78, 5) is 25.1. The van der Waals surface area contributed by atoms with Gasteiger partial charge in [0, 0.05) is 24.2 Å². The van der Waals surface area contributed by atoms with Gasteiger partial charge in [0.25, 0.3) is 5.91 Å². The third kappa shape index (κ3) is 8.36. The molecule has 0 aliphatic heterocycles. The molecule has 2 atom stereocenters. The van der Waals surface area contributed by atoms with Crippen LogP contribution in [0.3, 0.4) is 0 Å². The summed E-state index contributed by atoms with van der Waals surface area (Å²) in [6, 6.07) is 3.02. The van der Waals surface area contributed by atoms with Crippen LogP contribution in [0.15, 0.2) is 18.2 Å². The molecule has 0 aromatic heterocycles. The van der Waals surface area contributed by atoms with Gasteiger partial charge < -0.3 is 35.7 Å². The zero-order valence-corrected chi connectivity index (χ0v) is 22.3. The number of ether oxygens (including phenoxy) is 3. The lowest BCUT2D eigenvalue weighted by molar-refractivity contribution is -0.131. The van der Waals surface area contributed by atoms with Crippen LogP contribution in [0.1, 0.15) is 69.8 Å². The molecule has 0 bridgehead atoms. The van der Waals surface area contributed by atoms with Crippen LogP contribution in [-0.2, 0) is 9.59 Å². The lowest BCUT2D eigenvalue weighted by Gasteiger charge is -2.31. The van der Waals surface area contributed by atoms with Crippen molar-refractivity contribution in [2.45, 2.75) is 88.4 Å². The van der Waals surface area contributed by atoms with E-state index in [0.717, 1.165) is 44.1 Å². The van der Waals surface area contributed by atoms with Gasteiger partial charge in [-0.2, -0.15) is 0 Å². The van der Waals surface area contributed by atoms with E-state index in [4.69, 9.17) is 19.9 Å². The summed E-state index contributed by atoms with van der Waals surface area (Å²) in [5.74, 6) is 1.46. The summed E-state index contributed by atoms with van der Waals surface area (Å²) in [6.45, 7) is 0. The first kappa shape index (κ1) is 28.8. The number of methoxy groups -OCH3 is 3. The largest absolute Gasteiger partial charge is 0.493 e. The molecule has 0 unspecified atom stereocenters. The second-order valence-electron chi connectivity index (χ2n) is 10.2. The molecule has 1 aromatic carbocycles. The second kappa shape index (κ2) is 14.2. The van der Waals surface area contributed by atoms with Crippen molar-refractivity contribution < 1.29 is 28.9 Å². The summed E-state index contributed by atoms with van der Waals surface area (Å²) in [6.07, 6.45) is 11.6. The number of aliphatic hydroxyl groups is 1. The number of nitrogens with one attached hydrogen (secondary N) is 2. The van der Waals surface area contributed by atoms with Crippen molar-refractivity contribution >= 4 is 17.9 Å². The topological polar surface area (TPSA) is 132 Å². The number of hydrogen-bond acceptors (Lipinski definition) is 7. The molecule has 2 saturated carbocycles. The van der Waals surface area contributed by atoms with Gasteiger partial charge in [0.2, 0.25) is 11.7 Å².